The Labute approximate surface area is 115 Å². The molecule has 2 atom stereocenters. The molecule has 2 rings (SSSR count). The molecule has 1 aromatic rings. The Morgan fingerprint density at radius 2 is 2.16 bits per heavy atom. The van der Waals surface area contributed by atoms with E-state index in [4.69, 9.17) is 16.7 Å². The lowest BCUT2D eigenvalue weighted by atomic mass is 9.93. The number of amides is 1. The summed E-state index contributed by atoms with van der Waals surface area (Å²) >= 11 is 5.75. The average molecular weight is 288 g/mol. The van der Waals surface area contributed by atoms with Gasteiger partial charge in [0.25, 0.3) is 0 Å². The Bertz CT molecular complexity index is 463. The van der Waals surface area contributed by atoms with E-state index in [0.29, 0.717) is 18.5 Å². The number of carbonyl (C=O) groups is 1. The van der Waals surface area contributed by atoms with Gasteiger partial charge in [0.1, 0.15) is 5.82 Å². The number of carboxylic acid groups (broad SMARTS) is 1. The quantitative estimate of drug-likeness (QED) is 0.879. The van der Waals surface area contributed by atoms with Crippen molar-refractivity contribution in [2.24, 2.45) is 0 Å². The SMILES string of the molecule is O=C(O)N1CCCC[C@@H]1[C@H](O)c1cc(F)cc(Cl)c1. The molecular weight excluding hydrogens is 273 g/mol. The summed E-state index contributed by atoms with van der Waals surface area (Å²) in [7, 11) is 0. The zero-order valence-electron chi connectivity index (χ0n) is 10.2. The molecular formula is C13H15ClFNO3. The van der Waals surface area contributed by atoms with Crippen molar-refractivity contribution in [3.8, 4) is 0 Å². The maximum absolute atomic E-state index is 13.3. The molecule has 0 saturated carbocycles. The summed E-state index contributed by atoms with van der Waals surface area (Å²) in [6.45, 7) is 0.389. The molecule has 104 valence electrons. The van der Waals surface area contributed by atoms with Gasteiger partial charge in [-0.25, -0.2) is 9.18 Å². The van der Waals surface area contributed by atoms with E-state index in [2.05, 4.69) is 0 Å². The van der Waals surface area contributed by atoms with Gasteiger partial charge in [-0.15, -0.1) is 0 Å². The van der Waals surface area contributed by atoms with E-state index in [0.717, 1.165) is 18.9 Å². The Hall–Kier alpha value is -1.33. The fourth-order valence-electron chi connectivity index (χ4n) is 2.49. The minimum atomic E-state index is -1.07. The molecule has 19 heavy (non-hydrogen) atoms. The van der Waals surface area contributed by atoms with Crippen molar-refractivity contribution in [1.29, 1.82) is 0 Å². The highest BCUT2D eigenvalue weighted by atomic mass is 35.5. The lowest BCUT2D eigenvalue weighted by Gasteiger charge is -2.36. The molecule has 1 fully saturated rings. The Morgan fingerprint density at radius 1 is 1.42 bits per heavy atom. The monoisotopic (exact) mass is 287 g/mol. The van der Waals surface area contributed by atoms with Crippen molar-refractivity contribution in [1.82, 2.24) is 4.90 Å². The number of aliphatic hydroxyl groups excluding tert-OH is 1. The zero-order chi connectivity index (χ0) is 14.0. The van der Waals surface area contributed by atoms with E-state index in [1.165, 1.54) is 17.0 Å². The summed E-state index contributed by atoms with van der Waals surface area (Å²) < 4.78 is 13.3. The van der Waals surface area contributed by atoms with E-state index < -0.39 is 24.1 Å². The molecule has 1 saturated heterocycles. The molecule has 1 aliphatic rings. The molecule has 1 aliphatic heterocycles. The van der Waals surface area contributed by atoms with Gasteiger partial charge in [0, 0.05) is 11.6 Å². The summed E-state index contributed by atoms with van der Waals surface area (Å²) in [5.74, 6) is -0.542. The van der Waals surface area contributed by atoms with Gasteiger partial charge in [-0.05, 0) is 43.0 Å². The third kappa shape index (κ3) is 3.16. The molecule has 0 aliphatic carbocycles. The second kappa shape index (κ2) is 5.75. The van der Waals surface area contributed by atoms with Gasteiger partial charge in [-0.1, -0.05) is 11.6 Å². The predicted molar refractivity (Wildman–Crippen MR) is 68.7 cm³/mol. The number of benzene rings is 1. The van der Waals surface area contributed by atoms with Gasteiger partial charge in [-0.2, -0.15) is 0 Å². The van der Waals surface area contributed by atoms with Crippen molar-refractivity contribution in [3.05, 3.63) is 34.6 Å². The molecule has 1 amide bonds. The van der Waals surface area contributed by atoms with Crippen molar-refractivity contribution < 1.29 is 19.4 Å². The van der Waals surface area contributed by atoms with Gasteiger partial charge in [0.15, 0.2) is 0 Å². The fourth-order valence-corrected chi connectivity index (χ4v) is 2.72. The van der Waals surface area contributed by atoms with Crippen LogP contribution in [-0.2, 0) is 0 Å². The first-order valence-electron chi connectivity index (χ1n) is 6.12. The highest BCUT2D eigenvalue weighted by Gasteiger charge is 2.33. The van der Waals surface area contributed by atoms with Crippen LogP contribution in [0.3, 0.4) is 0 Å². The first-order valence-corrected chi connectivity index (χ1v) is 6.50. The number of hydrogen-bond acceptors (Lipinski definition) is 2. The molecule has 0 unspecified atom stereocenters. The molecule has 1 heterocycles. The minimum absolute atomic E-state index is 0.187. The molecule has 0 bridgehead atoms. The second-order valence-electron chi connectivity index (χ2n) is 4.69. The maximum Gasteiger partial charge on any atom is 0.407 e. The Kier molecular flexibility index (Phi) is 4.27. The topological polar surface area (TPSA) is 60.8 Å². The summed E-state index contributed by atoms with van der Waals surface area (Å²) in [6, 6.07) is 3.24. The first-order chi connectivity index (χ1) is 8.99. The van der Waals surface area contributed by atoms with Gasteiger partial charge in [0.2, 0.25) is 0 Å². The van der Waals surface area contributed by atoms with Crippen LogP contribution in [0.2, 0.25) is 5.02 Å². The summed E-state index contributed by atoms with van der Waals surface area (Å²) in [6.07, 6.45) is 0.0473. The highest BCUT2D eigenvalue weighted by molar-refractivity contribution is 6.30. The number of likely N-dealkylation sites (tertiary alicyclic amines) is 1. The van der Waals surface area contributed by atoms with E-state index >= 15 is 0 Å². The van der Waals surface area contributed by atoms with Crippen molar-refractivity contribution in [3.63, 3.8) is 0 Å². The summed E-state index contributed by atoms with van der Waals surface area (Å²) in [4.78, 5) is 12.4. The zero-order valence-corrected chi connectivity index (χ0v) is 11.0. The lowest BCUT2D eigenvalue weighted by molar-refractivity contribution is 0.0284. The molecule has 4 nitrogen and oxygen atoms in total. The molecule has 6 heteroatoms. The van der Waals surface area contributed by atoms with Crippen molar-refractivity contribution in [2.75, 3.05) is 6.54 Å². The van der Waals surface area contributed by atoms with Crippen LogP contribution >= 0.6 is 11.6 Å². The van der Waals surface area contributed by atoms with Crippen LogP contribution < -0.4 is 0 Å². The normalized spacial score (nSPS) is 21.2. The van der Waals surface area contributed by atoms with E-state index in [9.17, 15) is 14.3 Å². The molecule has 0 aromatic heterocycles. The Morgan fingerprint density at radius 3 is 2.79 bits per heavy atom. The standard InChI is InChI=1S/C13H15ClFNO3/c14-9-5-8(6-10(15)7-9)12(17)11-3-1-2-4-16(11)13(18)19/h5-7,11-12,17H,1-4H2,(H,18,19)/t11-,12-/m1/s1. The summed E-state index contributed by atoms with van der Waals surface area (Å²) in [5, 5.41) is 19.6. The third-order valence-electron chi connectivity index (χ3n) is 3.39. The molecule has 2 N–H and O–H groups in total. The van der Waals surface area contributed by atoms with Crippen LogP contribution in [0, 0.1) is 5.82 Å². The third-order valence-corrected chi connectivity index (χ3v) is 3.60. The number of hydrogen-bond donors (Lipinski definition) is 2. The summed E-state index contributed by atoms with van der Waals surface area (Å²) in [5.41, 5.74) is 0.308. The van der Waals surface area contributed by atoms with Crippen molar-refractivity contribution >= 4 is 17.7 Å². The van der Waals surface area contributed by atoms with Crippen LogP contribution in [0.5, 0.6) is 0 Å². The van der Waals surface area contributed by atoms with Gasteiger partial charge in [0.05, 0.1) is 12.1 Å². The largest absolute Gasteiger partial charge is 0.465 e. The number of halogens is 2. The first kappa shape index (κ1) is 14.1. The predicted octanol–water partition coefficient (Wildman–Crippen LogP) is 3.05. The average Bonchev–Trinajstić information content (AvgIpc) is 2.36. The molecule has 0 radical (unpaired) electrons. The number of rotatable bonds is 2. The number of nitrogens with zero attached hydrogens (tertiary/aromatic N) is 1. The molecule has 1 aromatic carbocycles. The Balaban J connectivity index is 2.25. The van der Waals surface area contributed by atoms with Crippen LogP contribution in [-0.4, -0.2) is 33.8 Å². The molecule has 0 spiro atoms. The van der Waals surface area contributed by atoms with Gasteiger partial charge < -0.3 is 15.1 Å². The highest BCUT2D eigenvalue weighted by Crippen LogP contribution is 2.30. The lowest BCUT2D eigenvalue weighted by Crippen LogP contribution is -2.46. The van der Waals surface area contributed by atoms with E-state index in [1.54, 1.807) is 0 Å². The fraction of sp³-hybridized carbons (Fsp3) is 0.462. The van der Waals surface area contributed by atoms with Gasteiger partial charge >= 0.3 is 6.09 Å². The number of aliphatic hydroxyl groups is 1. The smallest absolute Gasteiger partial charge is 0.407 e. The van der Waals surface area contributed by atoms with Crippen LogP contribution in [0.15, 0.2) is 18.2 Å². The van der Waals surface area contributed by atoms with Crippen LogP contribution in [0.25, 0.3) is 0 Å². The van der Waals surface area contributed by atoms with Gasteiger partial charge in [-0.3, -0.25) is 0 Å². The van der Waals surface area contributed by atoms with Crippen LogP contribution in [0.4, 0.5) is 9.18 Å². The van der Waals surface area contributed by atoms with E-state index in [1.807, 2.05) is 0 Å². The number of piperidine rings is 1. The second-order valence-corrected chi connectivity index (χ2v) is 5.12. The van der Waals surface area contributed by atoms with Crippen LogP contribution in [0.1, 0.15) is 30.9 Å². The maximum atomic E-state index is 13.3. The van der Waals surface area contributed by atoms with E-state index in [-0.39, 0.29) is 5.02 Å². The minimum Gasteiger partial charge on any atom is -0.465 e. The van der Waals surface area contributed by atoms with Crippen molar-refractivity contribution in [2.45, 2.75) is 31.4 Å².